The highest BCUT2D eigenvalue weighted by atomic mass is 35.5. The van der Waals surface area contributed by atoms with Crippen LogP contribution in [0.4, 0.5) is 0 Å². The van der Waals surface area contributed by atoms with Crippen molar-refractivity contribution >= 4 is 33.0 Å². The van der Waals surface area contributed by atoms with Crippen molar-refractivity contribution in [3.63, 3.8) is 0 Å². The van der Waals surface area contributed by atoms with Crippen molar-refractivity contribution in [2.75, 3.05) is 20.2 Å². The fraction of sp³-hybridized carbons (Fsp3) is 0.273. The summed E-state index contributed by atoms with van der Waals surface area (Å²) in [5.41, 5.74) is 3.79. The molecule has 1 N–H and O–H groups in total. The van der Waals surface area contributed by atoms with E-state index in [-0.39, 0.29) is 22.5 Å². The molecule has 0 aliphatic carbocycles. The zero-order chi connectivity index (χ0) is 21.1. The van der Waals surface area contributed by atoms with E-state index in [1.54, 1.807) is 17.4 Å². The first-order valence-corrected chi connectivity index (χ1v) is 12.4. The average molecular weight is 463 g/mol. The summed E-state index contributed by atoms with van der Waals surface area (Å²) in [4.78, 5) is 2.47. The Balaban J connectivity index is 1.54. The molecular weight excluding hydrogens is 440 g/mol. The highest BCUT2D eigenvalue weighted by Gasteiger charge is 2.27. The van der Waals surface area contributed by atoms with E-state index < -0.39 is 10.0 Å². The van der Waals surface area contributed by atoms with Gasteiger partial charge in [-0.15, -0.1) is 0 Å². The molecule has 0 spiro atoms. The van der Waals surface area contributed by atoms with Gasteiger partial charge in [-0.25, -0.2) is 13.1 Å². The molecule has 3 aromatic rings. The molecule has 2 heterocycles. The maximum atomic E-state index is 12.9. The van der Waals surface area contributed by atoms with Crippen molar-refractivity contribution in [3.8, 4) is 5.75 Å². The molecule has 158 valence electrons. The monoisotopic (exact) mass is 462 g/mol. The second-order valence-electron chi connectivity index (χ2n) is 7.21. The zero-order valence-corrected chi connectivity index (χ0v) is 18.9. The van der Waals surface area contributed by atoms with E-state index in [1.807, 2.05) is 5.38 Å². The molecule has 0 fully saturated rings. The Morgan fingerprint density at radius 3 is 2.70 bits per heavy atom. The van der Waals surface area contributed by atoms with Crippen LogP contribution in [0.3, 0.4) is 0 Å². The van der Waals surface area contributed by atoms with E-state index >= 15 is 0 Å². The van der Waals surface area contributed by atoms with E-state index in [1.165, 1.54) is 30.4 Å². The van der Waals surface area contributed by atoms with Crippen LogP contribution in [0.15, 0.2) is 64.2 Å². The number of hydrogen-bond donors (Lipinski definition) is 1. The normalized spacial score (nSPS) is 15.5. The lowest BCUT2D eigenvalue weighted by atomic mass is 9.97. The molecule has 0 saturated heterocycles. The van der Waals surface area contributed by atoms with E-state index in [0.717, 1.165) is 25.1 Å². The van der Waals surface area contributed by atoms with Crippen LogP contribution in [0, 0.1) is 0 Å². The molecule has 30 heavy (non-hydrogen) atoms. The van der Waals surface area contributed by atoms with E-state index in [2.05, 4.69) is 45.3 Å². The predicted molar refractivity (Wildman–Crippen MR) is 121 cm³/mol. The largest absolute Gasteiger partial charge is 0.495 e. The number of thiophene rings is 1. The summed E-state index contributed by atoms with van der Waals surface area (Å²) < 4.78 is 33.7. The Labute approximate surface area is 186 Å². The van der Waals surface area contributed by atoms with Gasteiger partial charge in [0.15, 0.2) is 0 Å². The first-order chi connectivity index (χ1) is 14.5. The van der Waals surface area contributed by atoms with Gasteiger partial charge in [-0.3, -0.25) is 4.90 Å². The van der Waals surface area contributed by atoms with Crippen molar-refractivity contribution in [2.24, 2.45) is 0 Å². The standard InChI is InChI=1S/C22H23ClN2O3S2/c1-28-22-7-6-19(12-20(22)23)30(26,27)24-13-21(18-9-11-29-15-18)25-10-8-16-4-2-3-5-17(16)14-25/h2-7,9,11-12,15,21,24H,8,10,13-14H2,1H3/t21-/m1/s1. The molecule has 5 nitrogen and oxygen atoms in total. The molecule has 1 aromatic heterocycles. The Morgan fingerprint density at radius 1 is 1.20 bits per heavy atom. The number of hydrogen-bond acceptors (Lipinski definition) is 5. The van der Waals surface area contributed by atoms with Crippen molar-refractivity contribution < 1.29 is 13.2 Å². The van der Waals surface area contributed by atoms with Gasteiger partial charge in [0, 0.05) is 25.7 Å². The highest BCUT2D eigenvalue weighted by molar-refractivity contribution is 7.89. The third-order valence-corrected chi connectivity index (χ3v) is 7.85. The third-order valence-electron chi connectivity index (χ3n) is 5.43. The number of nitrogens with one attached hydrogen (secondary N) is 1. The molecule has 1 aliphatic heterocycles. The summed E-state index contributed by atoms with van der Waals surface area (Å²) in [6.45, 7) is 1.96. The fourth-order valence-corrected chi connectivity index (χ4v) is 5.89. The quantitative estimate of drug-likeness (QED) is 0.562. The number of nitrogens with zero attached hydrogens (tertiary/aromatic N) is 1. The lowest BCUT2D eigenvalue weighted by molar-refractivity contribution is 0.181. The number of ether oxygens (including phenoxy) is 1. The van der Waals surface area contributed by atoms with Gasteiger partial charge in [-0.1, -0.05) is 35.9 Å². The molecule has 0 radical (unpaired) electrons. The molecule has 4 rings (SSSR count). The van der Waals surface area contributed by atoms with Crippen LogP contribution in [0.2, 0.25) is 5.02 Å². The van der Waals surface area contributed by atoms with Crippen molar-refractivity contribution in [2.45, 2.75) is 23.9 Å². The van der Waals surface area contributed by atoms with Crippen LogP contribution in [-0.4, -0.2) is 33.5 Å². The first kappa shape index (κ1) is 21.3. The average Bonchev–Trinajstić information content (AvgIpc) is 3.28. The van der Waals surface area contributed by atoms with Gasteiger partial charge < -0.3 is 4.74 Å². The SMILES string of the molecule is COc1ccc(S(=O)(=O)NC[C@H](c2ccsc2)N2CCc3ccccc3C2)cc1Cl. The van der Waals surface area contributed by atoms with Gasteiger partial charge >= 0.3 is 0 Å². The zero-order valence-electron chi connectivity index (χ0n) is 16.5. The molecular formula is C22H23ClN2O3S2. The van der Waals surface area contributed by atoms with Gasteiger partial charge in [0.2, 0.25) is 10.0 Å². The van der Waals surface area contributed by atoms with Gasteiger partial charge in [0.1, 0.15) is 5.75 Å². The smallest absolute Gasteiger partial charge is 0.240 e. The number of rotatable bonds is 7. The number of halogens is 1. The van der Waals surface area contributed by atoms with Gasteiger partial charge in [0.05, 0.1) is 17.0 Å². The summed E-state index contributed by atoms with van der Waals surface area (Å²) in [5, 5.41) is 4.38. The lowest BCUT2D eigenvalue weighted by Gasteiger charge is -2.35. The Kier molecular flexibility index (Phi) is 6.46. The van der Waals surface area contributed by atoms with E-state index in [0.29, 0.717) is 5.75 Å². The number of methoxy groups -OCH3 is 1. The van der Waals surface area contributed by atoms with Gasteiger partial charge in [-0.05, 0) is 58.1 Å². The Hall–Kier alpha value is -1.90. The summed E-state index contributed by atoms with van der Waals surface area (Å²) in [5.74, 6) is 0.443. The Morgan fingerprint density at radius 2 is 2.00 bits per heavy atom. The van der Waals surface area contributed by atoms with Crippen molar-refractivity contribution in [3.05, 3.63) is 81.0 Å². The molecule has 1 atom stereocenters. The molecule has 8 heteroatoms. The van der Waals surface area contributed by atoms with Crippen molar-refractivity contribution in [1.29, 1.82) is 0 Å². The van der Waals surface area contributed by atoms with E-state index in [9.17, 15) is 8.42 Å². The number of fused-ring (bicyclic) bond motifs is 1. The third kappa shape index (κ3) is 4.55. The maximum absolute atomic E-state index is 12.9. The minimum Gasteiger partial charge on any atom is -0.495 e. The maximum Gasteiger partial charge on any atom is 0.240 e. The van der Waals surface area contributed by atoms with Gasteiger partial charge in [-0.2, -0.15) is 11.3 Å². The second kappa shape index (κ2) is 9.08. The first-order valence-electron chi connectivity index (χ1n) is 9.64. The molecule has 0 unspecified atom stereocenters. The summed E-state index contributed by atoms with van der Waals surface area (Å²) in [7, 11) is -2.21. The summed E-state index contributed by atoms with van der Waals surface area (Å²) >= 11 is 7.74. The van der Waals surface area contributed by atoms with E-state index in [4.69, 9.17) is 16.3 Å². The second-order valence-corrected chi connectivity index (χ2v) is 10.2. The van der Waals surface area contributed by atoms with Crippen LogP contribution in [0.1, 0.15) is 22.7 Å². The summed E-state index contributed by atoms with van der Waals surface area (Å²) in [6, 6.07) is 14.9. The lowest BCUT2D eigenvalue weighted by Crippen LogP contribution is -2.40. The molecule has 0 bridgehead atoms. The van der Waals surface area contributed by atoms with Crippen LogP contribution in [0.5, 0.6) is 5.75 Å². The highest BCUT2D eigenvalue weighted by Crippen LogP contribution is 2.30. The molecule has 1 aliphatic rings. The van der Waals surface area contributed by atoms with Crippen LogP contribution >= 0.6 is 22.9 Å². The minimum absolute atomic E-state index is 0.0481. The number of sulfonamides is 1. The summed E-state index contributed by atoms with van der Waals surface area (Å²) in [6.07, 6.45) is 0.956. The Bertz CT molecular complexity index is 1120. The van der Waals surface area contributed by atoms with Gasteiger partial charge in [0.25, 0.3) is 0 Å². The minimum atomic E-state index is -3.71. The fourth-order valence-electron chi connectivity index (χ4n) is 3.79. The van der Waals surface area contributed by atoms with Crippen LogP contribution in [-0.2, 0) is 23.0 Å². The molecule has 2 aromatic carbocycles. The predicted octanol–water partition coefficient (Wildman–Crippen LogP) is 4.49. The van der Waals surface area contributed by atoms with Crippen LogP contribution < -0.4 is 9.46 Å². The number of benzene rings is 2. The molecule has 0 amide bonds. The molecule has 0 saturated carbocycles. The van der Waals surface area contributed by atoms with Crippen molar-refractivity contribution in [1.82, 2.24) is 9.62 Å². The topological polar surface area (TPSA) is 58.6 Å². The van der Waals surface area contributed by atoms with Crippen LogP contribution in [0.25, 0.3) is 0 Å².